The van der Waals surface area contributed by atoms with E-state index in [1.807, 2.05) is 38.1 Å². The lowest BCUT2D eigenvalue weighted by Crippen LogP contribution is -2.48. The molecule has 1 aliphatic heterocycles. The quantitative estimate of drug-likeness (QED) is 0.767. The van der Waals surface area contributed by atoms with Gasteiger partial charge < -0.3 is 15.7 Å². The third-order valence-corrected chi connectivity index (χ3v) is 3.69. The molecule has 0 bridgehead atoms. The first kappa shape index (κ1) is 15.5. The Morgan fingerprint density at radius 2 is 2.10 bits per heavy atom. The number of fused-ring (bicyclic) bond motifs is 1. The molecule has 0 aromatic heterocycles. The summed E-state index contributed by atoms with van der Waals surface area (Å²) in [4.78, 5) is 23.7. The van der Waals surface area contributed by atoms with Crippen molar-refractivity contribution in [3.63, 3.8) is 0 Å². The highest BCUT2D eigenvalue weighted by Crippen LogP contribution is 2.23. The molecular formula is C16H22N2O3. The van der Waals surface area contributed by atoms with Gasteiger partial charge in [-0.1, -0.05) is 38.1 Å². The summed E-state index contributed by atoms with van der Waals surface area (Å²) >= 11 is 0. The highest BCUT2D eigenvalue weighted by atomic mass is 16.4. The van der Waals surface area contributed by atoms with Crippen molar-refractivity contribution < 1.29 is 14.7 Å². The van der Waals surface area contributed by atoms with Gasteiger partial charge in [0.15, 0.2) is 0 Å². The molecule has 21 heavy (non-hydrogen) atoms. The van der Waals surface area contributed by atoms with Crippen LogP contribution in [-0.4, -0.2) is 29.6 Å². The Bertz CT molecular complexity index is 528. The van der Waals surface area contributed by atoms with Crippen LogP contribution in [-0.2, 0) is 16.0 Å². The Kier molecular flexibility index (Phi) is 4.96. The van der Waals surface area contributed by atoms with E-state index in [1.54, 1.807) is 0 Å². The number of carboxylic acid groups (broad SMARTS) is 1. The molecule has 2 rings (SSSR count). The first-order valence-electron chi connectivity index (χ1n) is 7.33. The molecule has 2 atom stereocenters. The lowest BCUT2D eigenvalue weighted by molar-refractivity contribution is -0.142. The Labute approximate surface area is 124 Å². The Morgan fingerprint density at radius 3 is 2.76 bits per heavy atom. The number of carbonyl (C=O) groups is 2. The van der Waals surface area contributed by atoms with E-state index in [0.29, 0.717) is 6.42 Å². The van der Waals surface area contributed by atoms with E-state index >= 15 is 0 Å². The minimum atomic E-state index is -0.985. The van der Waals surface area contributed by atoms with Gasteiger partial charge in [0.1, 0.15) is 12.1 Å². The topological polar surface area (TPSA) is 78.4 Å². The molecule has 0 fully saturated rings. The maximum Gasteiger partial charge on any atom is 0.326 e. The molecule has 2 unspecified atom stereocenters. The number of hydrogen-bond donors (Lipinski definition) is 3. The van der Waals surface area contributed by atoms with Crippen LogP contribution < -0.4 is 10.6 Å². The molecule has 1 aromatic rings. The van der Waals surface area contributed by atoms with Gasteiger partial charge in [0.2, 0.25) is 5.91 Å². The van der Waals surface area contributed by atoms with Crippen molar-refractivity contribution in [1.29, 1.82) is 0 Å². The lowest BCUT2D eigenvalue weighted by atomic mass is 9.93. The van der Waals surface area contributed by atoms with Crippen molar-refractivity contribution in [3.8, 4) is 0 Å². The number of carbonyl (C=O) groups excluding carboxylic acids is 1. The minimum absolute atomic E-state index is 0.206. The van der Waals surface area contributed by atoms with Crippen LogP contribution in [0.3, 0.4) is 0 Å². The molecule has 1 amide bonds. The van der Waals surface area contributed by atoms with E-state index in [9.17, 15) is 14.7 Å². The van der Waals surface area contributed by atoms with E-state index in [-0.39, 0.29) is 11.8 Å². The van der Waals surface area contributed by atoms with Gasteiger partial charge >= 0.3 is 5.97 Å². The normalized spacial score (nSPS) is 18.9. The van der Waals surface area contributed by atoms with Gasteiger partial charge in [-0.3, -0.25) is 4.79 Å². The molecule has 5 heteroatoms. The first-order valence-corrected chi connectivity index (χ1v) is 7.33. The third kappa shape index (κ3) is 3.82. The molecule has 0 saturated heterocycles. The smallest absolute Gasteiger partial charge is 0.326 e. The van der Waals surface area contributed by atoms with E-state index in [0.717, 1.165) is 24.1 Å². The van der Waals surface area contributed by atoms with Crippen LogP contribution in [0.15, 0.2) is 24.3 Å². The molecular weight excluding hydrogens is 268 g/mol. The predicted molar refractivity (Wildman–Crippen MR) is 79.9 cm³/mol. The largest absolute Gasteiger partial charge is 0.480 e. The van der Waals surface area contributed by atoms with Gasteiger partial charge in [0.05, 0.1) is 0 Å². The first-order chi connectivity index (χ1) is 9.99. The van der Waals surface area contributed by atoms with Crippen LogP contribution >= 0.6 is 0 Å². The van der Waals surface area contributed by atoms with Gasteiger partial charge in [0, 0.05) is 6.54 Å². The van der Waals surface area contributed by atoms with Gasteiger partial charge in [-0.2, -0.15) is 0 Å². The zero-order valence-electron chi connectivity index (χ0n) is 12.4. The molecule has 0 saturated carbocycles. The maximum atomic E-state index is 12.4. The van der Waals surface area contributed by atoms with Crippen molar-refractivity contribution in [2.24, 2.45) is 5.92 Å². The summed E-state index contributed by atoms with van der Waals surface area (Å²) < 4.78 is 0. The molecule has 3 N–H and O–H groups in total. The molecule has 1 aliphatic rings. The van der Waals surface area contributed by atoms with Gasteiger partial charge in [-0.15, -0.1) is 0 Å². The third-order valence-electron chi connectivity index (χ3n) is 3.69. The average Bonchev–Trinajstić information content (AvgIpc) is 2.45. The lowest BCUT2D eigenvalue weighted by Gasteiger charge is -2.27. The SMILES string of the molecule is CC(C)CC(NC(=O)C1NCCc2ccccc21)C(=O)O. The van der Waals surface area contributed by atoms with Crippen molar-refractivity contribution in [2.75, 3.05) is 6.54 Å². The second-order valence-corrected chi connectivity index (χ2v) is 5.86. The van der Waals surface area contributed by atoms with E-state index in [4.69, 9.17) is 0 Å². The van der Waals surface area contributed by atoms with Crippen molar-refractivity contribution in [1.82, 2.24) is 10.6 Å². The molecule has 1 heterocycles. The second-order valence-electron chi connectivity index (χ2n) is 5.86. The Balaban J connectivity index is 2.12. The summed E-state index contributed by atoms with van der Waals surface area (Å²) in [6, 6.07) is 6.48. The molecule has 114 valence electrons. The summed E-state index contributed by atoms with van der Waals surface area (Å²) in [6.07, 6.45) is 1.31. The molecule has 0 spiro atoms. The Morgan fingerprint density at radius 1 is 1.38 bits per heavy atom. The maximum absolute atomic E-state index is 12.4. The summed E-state index contributed by atoms with van der Waals surface area (Å²) in [5, 5.41) is 15.1. The fourth-order valence-electron chi connectivity index (χ4n) is 2.69. The number of hydrogen-bond acceptors (Lipinski definition) is 3. The van der Waals surface area contributed by atoms with Gasteiger partial charge in [-0.25, -0.2) is 4.79 Å². The highest BCUT2D eigenvalue weighted by Gasteiger charge is 2.29. The van der Waals surface area contributed by atoms with Crippen LogP contribution in [0.25, 0.3) is 0 Å². The number of rotatable bonds is 5. The zero-order chi connectivity index (χ0) is 15.4. The van der Waals surface area contributed by atoms with E-state index < -0.39 is 18.1 Å². The van der Waals surface area contributed by atoms with Crippen LogP contribution in [0.4, 0.5) is 0 Å². The minimum Gasteiger partial charge on any atom is -0.480 e. The number of amides is 1. The second kappa shape index (κ2) is 6.72. The molecule has 1 aromatic carbocycles. The van der Waals surface area contributed by atoms with E-state index in [2.05, 4.69) is 10.6 Å². The summed E-state index contributed by atoms with van der Waals surface area (Å²) in [5.41, 5.74) is 2.09. The predicted octanol–water partition coefficient (Wildman–Crippen LogP) is 1.49. The monoisotopic (exact) mass is 290 g/mol. The summed E-state index contributed by atoms with van der Waals surface area (Å²) in [6.45, 7) is 4.60. The van der Waals surface area contributed by atoms with Crippen molar-refractivity contribution in [2.45, 2.75) is 38.8 Å². The molecule has 5 nitrogen and oxygen atoms in total. The van der Waals surface area contributed by atoms with E-state index in [1.165, 1.54) is 0 Å². The molecule has 0 radical (unpaired) electrons. The number of carboxylic acids is 1. The van der Waals surface area contributed by atoms with Gasteiger partial charge in [0.25, 0.3) is 0 Å². The van der Waals surface area contributed by atoms with Crippen molar-refractivity contribution in [3.05, 3.63) is 35.4 Å². The summed E-state index contributed by atoms with van der Waals surface area (Å²) in [7, 11) is 0. The number of aliphatic carboxylic acids is 1. The van der Waals surface area contributed by atoms with Crippen LogP contribution in [0, 0.1) is 5.92 Å². The van der Waals surface area contributed by atoms with Gasteiger partial charge in [-0.05, 0) is 29.9 Å². The van der Waals surface area contributed by atoms with Crippen LogP contribution in [0.2, 0.25) is 0 Å². The standard InChI is InChI=1S/C16H22N2O3/c1-10(2)9-13(16(20)21)18-15(19)14-12-6-4-3-5-11(12)7-8-17-14/h3-6,10,13-14,17H,7-9H2,1-2H3,(H,18,19)(H,20,21). The Hall–Kier alpha value is -1.88. The number of benzene rings is 1. The fraction of sp³-hybridized carbons (Fsp3) is 0.500. The number of nitrogens with one attached hydrogen (secondary N) is 2. The fourth-order valence-corrected chi connectivity index (χ4v) is 2.69. The van der Waals surface area contributed by atoms with Crippen LogP contribution in [0.5, 0.6) is 0 Å². The van der Waals surface area contributed by atoms with Crippen molar-refractivity contribution >= 4 is 11.9 Å². The highest BCUT2D eigenvalue weighted by molar-refractivity contribution is 5.88. The zero-order valence-corrected chi connectivity index (χ0v) is 12.4. The molecule has 0 aliphatic carbocycles. The van der Waals surface area contributed by atoms with Crippen LogP contribution in [0.1, 0.15) is 37.4 Å². The summed E-state index contributed by atoms with van der Waals surface area (Å²) in [5.74, 6) is -1.05. The average molecular weight is 290 g/mol.